The van der Waals surface area contributed by atoms with Crippen molar-refractivity contribution in [2.24, 2.45) is 5.11 Å². The second-order valence-electron chi connectivity index (χ2n) is 5.79. The number of ether oxygens (including phenoxy) is 2. The summed E-state index contributed by atoms with van der Waals surface area (Å²) in [6, 6.07) is 11.0. The maximum atomic E-state index is 9.00. The lowest BCUT2D eigenvalue weighted by atomic mass is 9.92. The molecule has 0 aliphatic heterocycles. The summed E-state index contributed by atoms with van der Waals surface area (Å²) in [5.74, 6) is 3.52. The van der Waals surface area contributed by atoms with Gasteiger partial charge in [0.15, 0.2) is 11.5 Å². The highest BCUT2D eigenvalue weighted by atomic mass is 16.5. The Balaban J connectivity index is 2.27. The van der Waals surface area contributed by atoms with Crippen LogP contribution in [0.25, 0.3) is 10.4 Å². The third kappa shape index (κ3) is 3.25. The summed E-state index contributed by atoms with van der Waals surface area (Å²) >= 11 is 0. The molecule has 7 heteroatoms. The number of hydrogen-bond donors (Lipinski definition) is 0. The van der Waals surface area contributed by atoms with Gasteiger partial charge in [0.2, 0.25) is 0 Å². The van der Waals surface area contributed by atoms with E-state index in [2.05, 4.69) is 10.0 Å². The Morgan fingerprint density at radius 3 is 1.88 bits per heavy atom. The SMILES string of the molecule is COc1cc(N=[N+]=[N-])c(C(c2ccc(C)o2)c2ccc(C)o2)cc1OC. The largest absolute Gasteiger partial charge is 0.493 e. The average Bonchev–Trinajstić information content (AvgIpc) is 3.25. The van der Waals surface area contributed by atoms with E-state index in [1.165, 1.54) is 7.11 Å². The van der Waals surface area contributed by atoms with Gasteiger partial charge in [0, 0.05) is 10.6 Å². The van der Waals surface area contributed by atoms with Crippen LogP contribution in [-0.4, -0.2) is 14.2 Å². The van der Waals surface area contributed by atoms with Crippen LogP contribution in [0.5, 0.6) is 11.5 Å². The van der Waals surface area contributed by atoms with Crippen LogP contribution in [0, 0.1) is 13.8 Å². The van der Waals surface area contributed by atoms with Crippen LogP contribution in [0.3, 0.4) is 0 Å². The molecule has 0 aliphatic rings. The maximum Gasteiger partial charge on any atom is 0.161 e. The van der Waals surface area contributed by atoms with Gasteiger partial charge in [0.25, 0.3) is 0 Å². The van der Waals surface area contributed by atoms with Crippen LogP contribution in [0.2, 0.25) is 0 Å². The van der Waals surface area contributed by atoms with E-state index in [1.54, 1.807) is 19.2 Å². The van der Waals surface area contributed by atoms with Crippen molar-refractivity contribution in [2.45, 2.75) is 19.8 Å². The van der Waals surface area contributed by atoms with Crippen LogP contribution in [0.15, 0.2) is 50.3 Å². The molecule has 0 amide bonds. The van der Waals surface area contributed by atoms with E-state index in [0.29, 0.717) is 34.3 Å². The molecule has 0 unspecified atom stereocenters. The molecule has 0 spiro atoms. The van der Waals surface area contributed by atoms with Gasteiger partial charge in [-0.3, -0.25) is 0 Å². The van der Waals surface area contributed by atoms with E-state index < -0.39 is 5.92 Å². The van der Waals surface area contributed by atoms with Crippen molar-refractivity contribution in [3.63, 3.8) is 0 Å². The van der Waals surface area contributed by atoms with Crippen LogP contribution in [-0.2, 0) is 0 Å². The summed E-state index contributed by atoms with van der Waals surface area (Å²) in [4.78, 5) is 2.95. The van der Waals surface area contributed by atoms with Crippen molar-refractivity contribution < 1.29 is 18.3 Å². The Morgan fingerprint density at radius 2 is 1.46 bits per heavy atom. The molecule has 0 atom stereocenters. The number of furan rings is 2. The van der Waals surface area contributed by atoms with Crippen molar-refractivity contribution in [1.82, 2.24) is 0 Å². The van der Waals surface area contributed by atoms with Gasteiger partial charge >= 0.3 is 0 Å². The van der Waals surface area contributed by atoms with Gasteiger partial charge < -0.3 is 18.3 Å². The van der Waals surface area contributed by atoms with Crippen LogP contribution in [0.4, 0.5) is 5.69 Å². The highest BCUT2D eigenvalue weighted by molar-refractivity contribution is 5.61. The first kappa shape index (κ1) is 17.5. The monoisotopic (exact) mass is 353 g/mol. The molecule has 3 aromatic rings. The van der Waals surface area contributed by atoms with Crippen LogP contribution >= 0.6 is 0 Å². The Labute approximate surface area is 150 Å². The van der Waals surface area contributed by atoms with Crippen molar-refractivity contribution in [1.29, 1.82) is 0 Å². The number of methoxy groups -OCH3 is 2. The lowest BCUT2D eigenvalue weighted by molar-refractivity contribution is 0.354. The zero-order chi connectivity index (χ0) is 18.7. The molecule has 7 nitrogen and oxygen atoms in total. The summed E-state index contributed by atoms with van der Waals surface area (Å²) in [6.07, 6.45) is 0. The molecule has 3 rings (SSSR count). The van der Waals surface area contributed by atoms with Gasteiger partial charge in [-0.1, -0.05) is 5.11 Å². The first-order valence-electron chi connectivity index (χ1n) is 8.01. The number of hydrogen-bond acceptors (Lipinski definition) is 5. The molecule has 1 aromatic carbocycles. The molecule has 0 radical (unpaired) electrons. The maximum absolute atomic E-state index is 9.00. The van der Waals surface area contributed by atoms with E-state index in [4.69, 9.17) is 23.8 Å². The summed E-state index contributed by atoms with van der Waals surface area (Å²) in [6.45, 7) is 3.74. The lowest BCUT2D eigenvalue weighted by Crippen LogP contribution is -2.03. The molecule has 26 heavy (non-hydrogen) atoms. The van der Waals surface area contributed by atoms with Crippen molar-refractivity contribution >= 4 is 5.69 Å². The summed E-state index contributed by atoms with van der Waals surface area (Å²) < 4.78 is 22.5. The van der Waals surface area contributed by atoms with Crippen LogP contribution in [0.1, 0.15) is 34.5 Å². The molecule has 0 saturated heterocycles. The molecule has 2 heterocycles. The molecular formula is C19H19N3O4. The summed E-state index contributed by atoms with van der Waals surface area (Å²) in [7, 11) is 3.08. The van der Waals surface area contributed by atoms with Crippen molar-refractivity contribution in [3.8, 4) is 11.5 Å². The molecule has 0 saturated carbocycles. The highest BCUT2D eigenvalue weighted by Crippen LogP contribution is 2.44. The highest BCUT2D eigenvalue weighted by Gasteiger charge is 2.27. The molecule has 0 bridgehead atoms. The number of aryl methyl sites for hydroxylation is 2. The van der Waals surface area contributed by atoms with Gasteiger partial charge in [-0.15, -0.1) is 0 Å². The first-order valence-corrected chi connectivity index (χ1v) is 8.01. The van der Waals surface area contributed by atoms with Crippen molar-refractivity contribution in [2.75, 3.05) is 14.2 Å². The number of azide groups is 1. The van der Waals surface area contributed by atoms with Gasteiger partial charge in [-0.2, -0.15) is 0 Å². The Hall–Kier alpha value is -3.31. The summed E-state index contributed by atoms with van der Waals surface area (Å²) in [5.41, 5.74) is 10.1. The minimum Gasteiger partial charge on any atom is -0.493 e. The van der Waals surface area contributed by atoms with Gasteiger partial charge in [0.1, 0.15) is 29.0 Å². The summed E-state index contributed by atoms with van der Waals surface area (Å²) in [5, 5.41) is 3.84. The van der Waals surface area contributed by atoms with E-state index in [-0.39, 0.29) is 0 Å². The lowest BCUT2D eigenvalue weighted by Gasteiger charge is -2.18. The predicted molar refractivity (Wildman–Crippen MR) is 96.2 cm³/mol. The van der Waals surface area contributed by atoms with E-state index in [9.17, 15) is 0 Å². The minimum absolute atomic E-state index is 0.391. The van der Waals surface area contributed by atoms with E-state index in [0.717, 1.165) is 11.5 Å². The Morgan fingerprint density at radius 1 is 0.923 bits per heavy atom. The Kier molecular flexibility index (Phi) is 4.91. The first-order chi connectivity index (χ1) is 12.6. The van der Waals surface area contributed by atoms with E-state index >= 15 is 0 Å². The number of rotatable bonds is 6. The molecule has 0 fully saturated rings. The fourth-order valence-corrected chi connectivity index (χ4v) is 2.91. The molecule has 2 aromatic heterocycles. The van der Waals surface area contributed by atoms with Crippen LogP contribution < -0.4 is 9.47 Å². The third-order valence-electron chi connectivity index (χ3n) is 4.09. The topological polar surface area (TPSA) is 93.5 Å². The fraction of sp³-hybridized carbons (Fsp3) is 0.263. The average molecular weight is 353 g/mol. The fourth-order valence-electron chi connectivity index (χ4n) is 2.91. The zero-order valence-corrected chi connectivity index (χ0v) is 15.0. The van der Waals surface area contributed by atoms with Gasteiger partial charge in [-0.25, -0.2) is 0 Å². The third-order valence-corrected chi connectivity index (χ3v) is 4.09. The minimum atomic E-state index is -0.391. The zero-order valence-electron chi connectivity index (χ0n) is 15.0. The van der Waals surface area contributed by atoms with Crippen molar-refractivity contribution in [3.05, 3.63) is 75.4 Å². The second-order valence-corrected chi connectivity index (χ2v) is 5.79. The normalized spacial score (nSPS) is 10.7. The molecule has 0 aliphatic carbocycles. The number of benzene rings is 1. The number of nitrogens with zero attached hydrogens (tertiary/aromatic N) is 3. The molecule has 0 N–H and O–H groups in total. The predicted octanol–water partition coefficient (Wildman–Crippen LogP) is 5.63. The van der Waals surface area contributed by atoms with Gasteiger partial charge in [-0.05, 0) is 61.3 Å². The Bertz CT molecular complexity index is 927. The smallest absolute Gasteiger partial charge is 0.161 e. The van der Waals surface area contributed by atoms with E-state index in [1.807, 2.05) is 38.1 Å². The second kappa shape index (κ2) is 7.29. The molecular weight excluding hydrogens is 334 g/mol. The molecule has 134 valence electrons. The standard InChI is InChI=1S/C19H19N3O4/c1-11-5-7-15(25-11)19(16-8-6-12(2)26-16)13-9-17(23-3)18(24-4)10-14(13)21-22-20/h5-10,19H,1-4H3. The quantitative estimate of drug-likeness (QED) is 0.326. The van der Waals surface area contributed by atoms with Gasteiger partial charge in [0.05, 0.1) is 14.2 Å².